The molecule has 0 heterocycles. The Kier molecular flexibility index (Phi) is 6.16. The SMILES string of the molecule is CCCC(CC)NCc1ccc(C(N)=O)cc1Cl. The van der Waals surface area contributed by atoms with Crippen LogP contribution in [0.4, 0.5) is 0 Å². The topological polar surface area (TPSA) is 55.1 Å². The molecule has 1 amide bonds. The first kappa shape index (κ1) is 15.0. The summed E-state index contributed by atoms with van der Waals surface area (Å²) < 4.78 is 0. The van der Waals surface area contributed by atoms with Gasteiger partial charge < -0.3 is 11.1 Å². The monoisotopic (exact) mass is 268 g/mol. The Bertz CT molecular complexity index is 407. The van der Waals surface area contributed by atoms with Crippen LogP contribution in [0.3, 0.4) is 0 Å². The molecular formula is C14H21ClN2O. The first-order valence-corrected chi connectivity index (χ1v) is 6.77. The van der Waals surface area contributed by atoms with Gasteiger partial charge in [0.2, 0.25) is 5.91 Å². The number of hydrogen-bond acceptors (Lipinski definition) is 2. The molecule has 0 aromatic heterocycles. The van der Waals surface area contributed by atoms with Crippen LogP contribution in [-0.2, 0) is 6.54 Å². The van der Waals surface area contributed by atoms with Crippen molar-refractivity contribution in [2.24, 2.45) is 5.73 Å². The van der Waals surface area contributed by atoms with Crippen molar-refractivity contribution in [3.63, 3.8) is 0 Å². The highest BCUT2D eigenvalue weighted by atomic mass is 35.5. The lowest BCUT2D eigenvalue weighted by atomic mass is 10.1. The third kappa shape index (κ3) is 4.31. The lowest BCUT2D eigenvalue weighted by Gasteiger charge is -2.16. The number of nitrogens with one attached hydrogen (secondary N) is 1. The molecule has 1 unspecified atom stereocenters. The van der Waals surface area contributed by atoms with Crippen molar-refractivity contribution in [2.45, 2.75) is 45.7 Å². The highest BCUT2D eigenvalue weighted by Gasteiger charge is 2.08. The zero-order valence-electron chi connectivity index (χ0n) is 11.0. The van der Waals surface area contributed by atoms with E-state index in [0.717, 1.165) is 24.9 Å². The van der Waals surface area contributed by atoms with Gasteiger partial charge in [-0.05, 0) is 30.5 Å². The summed E-state index contributed by atoms with van der Waals surface area (Å²) in [7, 11) is 0. The summed E-state index contributed by atoms with van der Waals surface area (Å²) in [5.74, 6) is -0.450. The minimum atomic E-state index is -0.450. The van der Waals surface area contributed by atoms with Crippen LogP contribution in [0.5, 0.6) is 0 Å². The van der Waals surface area contributed by atoms with Gasteiger partial charge in [0.05, 0.1) is 0 Å². The van der Waals surface area contributed by atoms with E-state index in [-0.39, 0.29) is 0 Å². The number of hydrogen-bond donors (Lipinski definition) is 2. The molecule has 0 aliphatic rings. The lowest BCUT2D eigenvalue weighted by molar-refractivity contribution is 0.100. The van der Waals surface area contributed by atoms with Crippen molar-refractivity contribution in [3.05, 3.63) is 34.3 Å². The number of benzene rings is 1. The normalized spacial score (nSPS) is 12.4. The van der Waals surface area contributed by atoms with Crippen LogP contribution in [0.25, 0.3) is 0 Å². The fourth-order valence-electron chi connectivity index (χ4n) is 1.90. The Hall–Kier alpha value is -1.06. The summed E-state index contributed by atoms with van der Waals surface area (Å²) >= 11 is 6.13. The fraction of sp³-hybridized carbons (Fsp3) is 0.500. The molecular weight excluding hydrogens is 248 g/mol. The van der Waals surface area contributed by atoms with Crippen LogP contribution in [0.2, 0.25) is 5.02 Å². The molecule has 1 atom stereocenters. The molecule has 0 aliphatic heterocycles. The molecule has 0 spiro atoms. The number of primary amides is 1. The molecule has 4 heteroatoms. The molecule has 3 nitrogen and oxygen atoms in total. The molecule has 3 N–H and O–H groups in total. The average Bonchev–Trinajstić information content (AvgIpc) is 2.35. The van der Waals surface area contributed by atoms with Crippen LogP contribution < -0.4 is 11.1 Å². The highest BCUT2D eigenvalue weighted by molar-refractivity contribution is 6.31. The van der Waals surface area contributed by atoms with Crippen LogP contribution in [0, 0.1) is 0 Å². The van der Waals surface area contributed by atoms with Gasteiger partial charge in [-0.3, -0.25) is 4.79 Å². The highest BCUT2D eigenvalue weighted by Crippen LogP contribution is 2.18. The molecule has 1 aromatic rings. The van der Waals surface area contributed by atoms with Crippen LogP contribution >= 0.6 is 11.6 Å². The quantitative estimate of drug-likeness (QED) is 0.798. The average molecular weight is 269 g/mol. The summed E-state index contributed by atoms with van der Waals surface area (Å²) in [6.07, 6.45) is 3.43. The maximum Gasteiger partial charge on any atom is 0.248 e. The smallest absolute Gasteiger partial charge is 0.248 e. The Morgan fingerprint density at radius 3 is 2.67 bits per heavy atom. The minimum Gasteiger partial charge on any atom is -0.366 e. The minimum absolute atomic E-state index is 0.448. The molecule has 18 heavy (non-hydrogen) atoms. The van der Waals surface area contributed by atoms with Gasteiger partial charge in [-0.2, -0.15) is 0 Å². The van der Waals surface area contributed by atoms with E-state index >= 15 is 0 Å². The number of nitrogens with two attached hydrogens (primary N) is 1. The molecule has 0 fully saturated rings. The second kappa shape index (κ2) is 7.39. The van der Waals surface area contributed by atoms with E-state index in [4.69, 9.17) is 17.3 Å². The third-order valence-electron chi connectivity index (χ3n) is 3.05. The molecule has 100 valence electrons. The Balaban J connectivity index is 2.65. The van der Waals surface area contributed by atoms with Crippen LogP contribution in [0.1, 0.15) is 49.0 Å². The van der Waals surface area contributed by atoms with E-state index in [1.54, 1.807) is 12.1 Å². The van der Waals surface area contributed by atoms with Gasteiger partial charge in [0.15, 0.2) is 0 Å². The van der Waals surface area contributed by atoms with Crippen molar-refractivity contribution in [3.8, 4) is 0 Å². The summed E-state index contributed by atoms with van der Waals surface area (Å²) in [6.45, 7) is 5.07. The van der Waals surface area contributed by atoms with E-state index in [1.807, 2.05) is 6.07 Å². The molecule has 1 aromatic carbocycles. The van der Waals surface area contributed by atoms with E-state index in [2.05, 4.69) is 19.2 Å². The van der Waals surface area contributed by atoms with E-state index in [9.17, 15) is 4.79 Å². The first-order chi connectivity index (χ1) is 8.58. The molecule has 0 aliphatic carbocycles. The Morgan fingerprint density at radius 2 is 2.17 bits per heavy atom. The van der Waals surface area contributed by atoms with Crippen molar-refractivity contribution in [1.29, 1.82) is 0 Å². The number of rotatable bonds is 7. The van der Waals surface area contributed by atoms with Crippen LogP contribution in [-0.4, -0.2) is 11.9 Å². The number of halogens is 1. The predicted octanol–water partition coefficient (Wildman–Crippen LogP) is 3.11. The van der Waals surface area contributed by atoms with E-state index < -0.39 is 5.91 Å². The second-order valence-corrected chi connectivity index (χ2v) is 4.85. The molecule has 0 saturated heterocycles. The molecule has 0 radical (unpaired) electrons. The maximum absolute atomic E-state index is 11.0. The van der Waals surface area contributed by atoms with Gasteiger partial charge in [0, 0.05) is 23.2 Å². The van der Waals surface area contributed by atoms with Crippen molar-refractivity contribution in [1.82, 2.24) is 5.32 Å². The third-order valence-corrected chi connectivity index (χ3v) is 3.40. The van der Waals surface area contributed by atoms with Gasteiger partial charge in [0.25, 0.3) is 0 Å². The standard InChI is InChI=1S/C14H21ClN2O/c1-3-5-12(4-2)17-9-11-7-6-10(14(16)18)8-13(11)15/h6-8,12,17H,3-5,9H2,1-2H3,(H2,16,18). The van der Waals surface area contributed by atoms with Gasteiger partial charge in [-0.25, -0.2) is 0 Å². The number of carbonyl (C=O) groups is 1. The summed E-state index contributed by atoms with van der Waals surface area (Å²) in [5.41, 5.74) is 6.65. The lowest BCUT2D eigenvalue weighted by Crippen LogP contribution is -2.27. The number of carbonyl (C=O) groups excluding carboxylic acids is 1. The number of amides is 1. The van der Waals surface area contributed by atoms with Crippen molar-refractivity contribution in [2.75, 3.05) is 0 Å². The molecule has 1 rings (SSSR count). The predicted molar refractivity (Wildman–Crippen MR) is 75.8 cm³/mol. The fourth-order valence-corrected chi connectivity index (χ4v) is 2.14. The summed E-state index contributed by atoms with van der Waals surface area (Å²) in [6, 6.07) is 5.71. The van der Waals surface area contributed by atoms with E-state index in [0.29, 0.717) is 16.6 Å². The Morgan fingerprint density at radius 1 is 1.44 bits per heavy atom. The molecule has 0 bridgehead atoms. The summed E-state index contributed by atoms with van der Waals surface area (Å²) in [4.78, 5) is 11.0. The first-order valence-electron chi connectivity index (χ1n) is 6.40. The zero-order valence-corrected chi connectivity index (χ0v) is 11.8. The van der Waals surface area contributed by atoms with Crippen LogP contribution in [0.15, 0.2) is 18.2 Å². The van der Waals surface area contributed by atoms with Gasteiger partial charge in [-0.15, -0.1) is 0 Å². The van der Waals surface area contributed by atoms with Gasteiger partial charge in [-0.1, -0.05) is 37.9 Å². The summed E-state index contributed by atoms with van der Waals surface area (Å²) in [5, 5.41) is 4.06. The van der Waals surface area contributed by atoms with Gasteiger partial charge >= 0.3 is 0 Å². The van der Waals surface area contributed by atoms with Gasteiger partial charge in [0.1, 0.15) is 0 Å². The Labute approximate surface area is 114 Å². The van der Waals surface area contributed by atoms with Crippen molar-refractivity contribution >= 4 is 17.5 Å². The largest absolute Gasteiger partial charge is 0.366 e. The maximum atomic E-state index is 11.0. The van der Waals surface area contributed by atoms with Crippen molar-refractivity contribution < 1.29 is 4.79 Å². The second-order valence-electron chi connectivity index (χ2n) is 4.45. The molecule has 0 saturated carbocycles. The van der Waals surface area contributed by atoms with E-state index in [1.165, 1.54) is 6.42 Å². The zero-order chi connectivity index (χ0) is 13.5.